The summed E-state index contributed by atoms with van der Waals surface area (Å²) in [4.78, 5) is 0. The fourth-order valence-electron chi connectivity index (χ4n) is 1.32. The van der Waals surface area contributed by atoms with Gasteiger partial charge in [0.15, 0.2) is 0 Å². The van der Waals surface area contributed by atoms with E-state index in [1.807, 2.05) is 18.2 Å². The highest BCUT2D eigenvalue weighted by Gasteiger charge is 2.04. The molecule has 1 aromatic carbocycles. The second-order valence-corrected chi connectivity index (χ2v) is 3.89. The van der Waals surface area contributed by atoms with Gasteiger partial charge in [-0.15, -0.1) is 0 Å². The van der Waals surface area contributed by atoms with Crippen LogP contribution >= 0.6 is 11.6 Å². The Kier molecular flexibility index (Phi) is 3.76. The lowest BCUT2D eigenvalue weighted by molar-refractivity contribution is 0.299. The van der Waals surface area contributed by atoms with Crippen LogP contribution in [0.2, 0.25) is 5.02 Å². The second kappa shape index (κ2) is 4.64. The molecule has 0 spiro atoms. The topological polar surface area (TPSA) is 20.2 Å². The van der Waals surface area contributed by atoms with E-state index in [0.29, 0.717) is 12.3 Å². The van der Waals surface area contributed by atoms with Gasteiger partial charge >= 0.3 is 0 Å². The summed E-state index contributed by atoms with van der Waals surface area (Å²) in [6, 6.07) is 6.00. The van der Waals surface area contributed by atoms with Gasteiger partial charge in [-0.1, -0.05) is 37.6 Å². The van der Waals surface area contributed by atoms with Crippen LogP contribution in [0.1, 0.15) is 30.9 Å². The molecular weight excluding hydrogens is 184 g/mol. The van der Waals surface area contributed by atoms with Crippen molar-refractivity contribution in [1.82, 2.24) is 0 Å². The van der Waals surface area contributed by atoms with Crippen LogP contribution in [-0.2, 0) is 6.42 Å². The Labute approximate surface area is 84.4 Å². The molecule has 2 heteroatoms. The van der Waals surface area contributed by atoms with Gasteiger partial charge in [-0.25, -0.2) is 0 Å². The van der Waals surface area contributed by atoms with Crippen molar-refractivity contribution in [3.8, 4) is 0 Å². The molecule has 0 saturated heterocycles. The van der Waals surface area contributed by atoms with Gasteiger partial charge in [-0.2, -0.15) is 0 Å². The molecule has 0 radical (unpaired) electrons. The first-order valence-corrected chi connectivity index (χ1v) is 4.92. The smallest absolute Gasteiger partial charge is 0.0471 e. The normalized spacial score (nSPS) is 10.8. The Morgan fingerprint density at radius 1 is 1.38 bits per heavy atom. The van der Waals surface area contributed by atoms with E-state index in [-0.39, 0.29) is 6.61 Å². The van der Waals surface area contributed by atoms with E-state index in [9.17, 15) is 0 Å². The molecule has 72 valence electrons. The van der Waals surface area contributed by atoms with Crippen molar-refractivity contribution in [1.29, 1.82) is 0 Å². The van der Waals surface area contributed by atoms with Gasteiger partial charge in [-0.3, -0.25) is 0 Å². The molecule has 0 atom stereocenters. The summed E-state index contributed by atoms with van der Waals surface area (Å²) in [7, 11) is 0. The highest BCUT2D eigenvalue weighted by molar-refractivity contribution is 6.31. The molecule has 0 aliphatic heterocycles. The second-order valence-electron chi connectivity index (χ2n) is 3.48. The molecule has 1 aromatic rings. The predicted molar refractivity (Wildman–Crippen MR) is 56.3 cm³/mol. The van der Waals surface area contributed by atoms with E-state index in [2.05, 4.69) is 13.8 Å². The van der Waals surface area contributed by atoms with Gasteiger partial charge in [0.2, 0.25) is 0 Å². The summed E-state index contributed by atoms with van der Waals surface area (Å²) >= 11 is 6.08. The number of aliphatic hydroxyl groups excluding tert-OH is 1. The van der Waals surface area contributed by atoms with E-state index in [1.165, 1.54) is 5.56 Å². The largest absolute Gasteiger partial charge is 0.396 e. The highest BCUT2D eigenvalue weighted by atomic mass is 35.5. The van der Waals surface area contributed by atoms with Gasteiger partial charge in [-0.05, 0) is 29.5 Å². The maximum atomic E-state index is 8.75. The molecule has 13 heavy (non-hydrogen) atoms. The van der Waals surface area contributed by atoms with Crippen molar-refractivity contribution in [2.24, 2.45) is 0 Å². The molecule has 0 aromatic heterocycles. The maximum absolute atomic E-state index is 8.75. The first-order valence-electron chi connectivity index (χ1n) is 4.54. The van der Waals surface area contributed by atoms with E-state index in [4.69, 9.17) is 16.7 Å². The van der Waals surface area contributed by atoms with Crippen molar-refractivity contribution in [2.75, 3.05) is 6.61 Å². The van der Waals surface area contributed by atoms with Gasteiger partial charge in [0.1, 0.15) is 0 Å². The molecule has 0 aliphatic carbocycles. The number of hydrogen-bond donors (Lipinski definition) is 1. The van der Waals surface area contributed by atoms with Gasteiger partial charge in [0, 0.05) is 11.6 Å². The Morgan fingerprint density at radius 2 is 2.08 bits per heavy atom. The minimum absolute atomic E-state index is 0.178. The predicted octanol–water partition coefficient (Wildman–Crippen LogP) is 3.00. The zero-order chi connectivity index (χ0) is 9.84. The third kappa shape index (κ3) is 2.71. The summed E-state index contributed by atoms with van der Waals surface area (Å²) in [6.45, 7) is 4.41. The molecule has 0 amide bonds. The van der Waals surface area contributed by atoms with Crippen LogP contribution < -0.4 is 0 Å². The van der Waals surface area contributed by atoms with E-state index < -0.39 is 0 Å². The average Bonchev–Trinajstić information content (AvgIpc) is 2.04. The fourth-order valence-corrected chi connectivity index (χ4v) is 1.74. The summed E-state index contributed by atoms with van der Waals surface area (Å²) in [5.74, 6) is 0.454. The zero-order valence-corrected chi connectivity index (χ0v) is 8.80. The van der Waals surface area contributed by atoms with Crippen LogP contribution in [-0.4, -0.2) is 11.7 Å². The van der Waals surface area contributed by atoms with E-state index in [0.717, 1.165) is 10.6 Å². The number of halogens is 1. The number of benzene rings is 1. The van der Waals surface area contributed by atoms with Gasteiger partial charge in [0.05, 0.1) is 0 Å². The van der Waals surface area contributed by atoms with Crippen molar-refractivity contribution >= 4 is 11.6 Å². The average molecular weight is 199 g/mol. The van der Waals surface area contributed by atoms with Crippen molar-refractivity contribution in [3.05, 3.63) is 34.3 Å². The van der Waals surface area contributed by atoms with Crippen LogP contribution in [0.25, 0.3) is 0 Å². The Morgan fingerprint density at radius 3 is 2.54 bits per heavy atom. The third-order valence-corrected chi connectivity index (χ3v) is 2.41. The minimum Gasteiger partial charge on any atom is -0.396 e. The van der Waals surface area contributed by atoms with Crippen molar-refractivity contribution in [2.45, 2.75) is 26.2 Å². The Bertz CT molecular complexity index is 281. The number of hydrogen-bond acceptors (Lipinski definition) is 1. The summed E-state index contributed by atoms with van der Waals surface area (Å²) in [6.07, 6.45) is 0.679. The molecular formula is C11H15ClO. The molecule has 0 saturated carbocycles. The highest BCUT2D eigenvalue weighted by Crippen LogP contribution is 2.25. The van der Waals surface area contributed by atoms with Crippen LogP contribution in [0, 0.1) is 0 Å². The quantitative estimate of drug-likeness (QED) is 0.792. The monoisotopic (exact) mass is 198 g/mol. The van der Waals surface area contributed by atoms with Crippen molar-refractivity contribution < 1.29 is 5.11 Å². The SMILES string of the molecule is CC(C)c1ccc(CCO)cc1Cl. The Balaban J connectivity index is 2.92. The lowest BCUT2D eigenvalue weighted by atomic mass is 10.0. The van der Waals surface area contributed by atoms with E-state index >= 15 is 0 Å². The molecule has 1 rings (SSSR count). The fraction of sp³-hybridized carbons (Fsp3) is 0.455. The summed E-state index contributed by atoms with van der Waals surface area (Å²) < 4.78 is 0. The van der Waals surface area contributed by atoms with Gasteiger partial charge < -0.3 is 5.11 Å². The van der Waals surface area contributed by atoms with Crippen LogP contribution in [0.5, 0.6) is 0 Å². The molecule has 0 unspecified atom stereocenters. The van der Waals surface area contributed by atoms with E-state index in [1.54, 1.807) is 0 Å². The standard InChI is InChI=1S/C11H15ClO/c1-8(2)10-4-3-9(5-6-13)7-11(10)12/h3-4,7-8,13H,5-6H2,1-2H3. The zero-order valence-electron chi connectivity index (χ0n) is 8.05. The minimum atomic E-state index is 0.178. The number of rotatable bonds is 3. The van der Waals surface area contributed by atoms with Crippen LogP contribution in [0.4, 0.5) is 0 Å². The lowest BCUT2D eigenvalue weighted by Gasteiger charge is -2.09. The van der Waals surface area contributed by atoms with Crippen LogP contribution in [0.3, 0.4) is 0 Å². The first kappa shape index (κ1) is 10.6. The molecule has 0 fully saturated rings. The summed E-state index contributed by atoms with van der Waals surface area (Å²) in [5, 5.41) is 9.55. The molecule has 1 N–H and O–H groups in total. The Hall–Kier alpha value is -0.530. The first-order chi connectivity index (χ1) is 6.15. The maximum Gasteiger partial charge on any atom is 0.0471 e. The molecule has 0 aliphatic rings. The third-order valence-electron chi connectivity index (χ3n) is 2.09. The molecule has 1 nitrogen and oxygen atoms in total. The van der Waals surface area contributed by atoms with Gasteiger partial charge in [0.25, 0.3) is 0 Å². The van der Waals surface area contributed by atoms with Crippen molar-refractivity contribution in [3.63, 3.8) is 0 Å². The number of aliphatic hydroxyl groups is 1. The molecule has 0 bridgehead atoms. The summed E-state index contributed by atoms with van der Waals surface area (Å²) in [5.41, 5.74) is 2.26. The van der Waals surface area contributed by atoms with Crippen LogP contribution in [0.15, 0.2) is 18.2 Å². The lowest BCUT2D eigenvalue weighted by Crippen LogP contribution is -1.94. The molecule has 0 heterocycles.